The van der Waals surface area contributed by atoms with Crippen LogP contribution in [0.25, 0.3) is 0 Å². The SMILES string of the molecule is CC(C)CC(N)C(O)c1cscn1. The number of rotatable bonds is 4. The predicted molar refractivity (Wildman–Crippen MR) is 54.5 cm³/mol. The summed E-state index contributed by atoms with van der Waals surface area (Å²) in [5.74, 6) is 0.503. The van der Waals surface area contributed by atoms with Crippen molar-refractivity contribution in [2.75, 3.05) is 0 Å². The zero-order chi connectivity index (χ0) is 9.84. The number of hydrogen-bond acceptors (Lipinski definition) is 4. The molecule has 0 saturated heterocycles. The van der Waals surface area contributed by atoms with Gasteiger partial charge >= 0.3 is 0 Å². The highest BCUT2D eigenvalue weighted by Crippen LogP contribution is 2.19. The molecule has 3 nitrogen and oxygen atoms in total. The van der Waals surface area contributed by atoms with Gasteiger partial charge in [0, 0.05) is 11.4 Å². The largest absolute Gasteiger partial charge is 0.385 e. The second-order valence-electron chi connectivity index (χ2n) is 3.65. The topological polar surface area (TPSA) is 59.1 Å². The van der Waals surface area contributed by atoms with E-state index in [1.54, 1.807) is 5.51 Å². The number of aliphatic hydroxyl groups is 1. The van der Waals surface area contributed by atoms with Crippen LogP contribution in [0, 0.1) is 5.92 Å². The van der Waals surface area contributed by atoms with E-state index < -0.39 is 6.10 Å². The van der Waals surface area contributed by atoms with Crippen molar-refractivity contribution in [1.29, 1.82) is 0 Å². The molecule has 1 aromatic heterocycles. The van der Waals surface area contributed by atoms with E-state index in [0.717, 1.165) is 6.42 Å². The molecule has 3 N–H and O–H groups in total. The van der Waals surface area contributed by atoms with Gasteiger partial charge in [0.2, 0.25) is 0 Å². The van der Waals surface area contributed by atoms with Crippen LogP contribution in [0.2, 0.25) is 0 Å². The monoisotopic (exact) mass is 200 g/mol. The highest BCUT2D eigenvalue weighted by atomic mass is 32.1. The van der Waals surface area contributed by atoms with Crippen LogP contribution in [0.15, 0.2) is 10.9 Å². The van der Waals surface area contributed by atoms with Crippen molar-refractivity contribution < 1.29 is 5.11 Å². The maximum Gasteiger partial charge on any atom is 0.112 e. The normalized spacial score (nSPS) is 16.1. The number of aliphatic hydroxyl groups excluding tert-OH is 1. The van der Waals surface area contributed by atoms with Crippen LogP contribution >= 0.6 is 11.3 Å². The first-order valence-corrected chi connectivity index (χ1v) is 5.37. The van der Waals surface area contributed by atoms with Gasteiger partial charge in [-0.2, -0.15) is 0 Å². The van der Waals surface area contributed by atoms with Gasteiger partial charge in [-0.05, 0) is 12.3 Å². The minimum absolute atomic E-state index is 0.206. The van der Waals surface area contributed by atoms with Gasteiger partial charge in [-0.1, -0.05) is 13.8 Å². The molecule has 4 heteroatoms. The Kier molecular flexibility index (Phi) is 3.84. The van der Waals surface area contributed by atoms with Crippen LogP contribution in [-0.4, -0.2) is 16.1 Å². The van der Waals surface area contributed by atoms with Gasteiger partial charge in [0.15, 0.2) is 0 Å². The first-order valence-electron chi connectivity index (χ1n) is 4.43. The molecular formula is C9H16N2OS. The highest BCUT2D eigenvalue weighted by molar-refractivity contribution is 7.07. The summed E-state index contributed by atoms with van der Waals surface area (Å²) in [5, 5.41) is 11.6. The Balaban J connectivity index is 2.52. The Labute approximate surface area is 82.6 Å². The van der Waals surface area contributed by atoms with Crippen LogP contribution in [-0.2, 0) is 0 Å². The molecule has 0 aromatic carbocycles. The first kappa shape index (κ1) is 10.6. The fourth-order valence-corrected chi connectivity index (χ4v) is 1.84. The molecule has 0 radical (unpaired) electrons. The Morgan fingerprint density at radius 1 is 1.62 bits per heavy atom. The molecule has 0 amide bonds. The highest BCUT2D eigenvalue weighted by Gasteiger charge is 2.19. The molecule has 2 atom stereocenters. The summed E-state index contributed by atoms with van der Waals surface area (Å²) in [6.07, 6.45) is 0.201. The molecule has 2 unspecified atom stereocenters. The van der Waals surface area contributed by atoms with E-state index in [2.05, 4.69) is 18.8 Å². The molecule has 0 aliphatic rings. The summed E-state index contributed by atoms with van der Waals surface area (Å²) in [4.78, 5) is 4.03. The maximum absolute atomic E-state index is 9.75. The summed E-state index contributed by atoms with van der Waals surface area (Å²) < 4.78 is 0. The number of aromatic nitrogens is 1. The van der Waals surface area contributed by atoms with E-state index in [1.165, 1.54) is 11.3 Å². The van der Waals surface area contributed by atoms with Crippen molar-refractivity contribution in [3.63, 3.8) is 0 Å². The van der Waals surface area contributed by atoms with Crippen LogP contribution in [0.4, 0.5) is 0 Å². The maximum atomic E-state index is 9.75. The molecule has 1 rings (SSSR count). The van der Waals surface area contributed by atoms with Crippen LogP contribution < -0.4 is 5.73 Å². The molecule has 0 spiro atoms. The summed E-state index contributed by atoms with van der Waals surface area (Å²) >= 11 is 1.48. The summed E-state index contributed by atoms with van der Waals surface area (Å²) in [6, 6.07) is -0.206. The zero-order valence-corrected chi connectivity index (χ0v) is 8.79. The van der Waals surface area contributed by atoms with Crippen LogP contribution in [0.5, 0.6) is 0 Å². The second kappa shape index (κ2) is 4.69. The summed E-state index contributed by atoms with van der Waals surface area (Å²) in [7, 11) is 0. The molecule has 0 aliphatic heterocycles. The third-order valence-corrected chi connectivity index (χ3v) is 2.51. The Morgan fingerprint density at radius 3 is 2.77 bits per heavy atom. The molecule has 0 fully saturated rings. The quantitative estimate of drug-likeness (QED) is 0.775. The van der Waals surface area contributed by atoms with Crippen molar-refractivity contribution in [2.45, 2.75) is 32.4 Å². The predicted octanol–water partition coefficient (Wildman–Crippen LogP) is 1.55. The molecular weight excluding hydrogens is 184 g/mol. The lowest BCUT2D eigenvalue weighted by molar-refractivity contribution is 0.132. The van der Waals surface area contributed by atoms with Gasteiger partial charge in [-0.15, -0.1) is 11.3 Å². The molecule has 0 saturated carbocycles. The number of hydrogen-bond donors (Lipinski definition) is 2. The molecule has 0 bridgehead atoms. The third-order valence-electron chi connectivity index (χ3n) is 1.90. The minimum Gasteiger partial charge on any atom is -0.385 e. The van der Waals surface area contributed by atoms with Crippen LogP contribution in [0.1, 0.15) is 32.1 Å². The lowest BCUT2D eigenvalue weighted by Gasteiger charge is -2.18. The van der Waals surface area contributed by atoms with Crippen LogP contribution in [0.3, 0.4) is 0 Å². The minimum atomic E-state index is -0.617. The first-order chi connectivity index (χ1) is 6.11. The van der Waals surface area contributed by atoms with Gasteiger partial charge in [0.25, 0.3) is 0 Å². The second-order valence-corrected chi connectivity index (χ2v) is 4.37. The van der Waals surface area contributed by atoms with Crippen molar-refractivity contribution in [1.82, 2.24) is 4.98 Å². The van der Waals surface area contributed by atoms with Crippen molar-refractivity contribution in [2.24, 2.45) is 11.7 Å². The van der Waals surface area contributed by atoms with E-state index in [4.69, 9.17) is 5.73 Å². The van der Waals surface area contributed by atoms with Gasteiger partial charge in [0.05, 0.1) is 11.2 Å². The van der Waals surface area contributed by atoms with E-state index in [9.17, 15) is 5.11 Å². The standard InChI is InChI=1S/C9H16N2OS/c1-6(2)3-7(10)9(12)8-4-13-5-11-8/h4-7,9,12H,3,10H2,1-2H3. The van der Waals surface area contributed by atoms with Gasteiger partial charge in [-0.3, -0.25) is 0 Å². The van der Waals surface area contributed by atoms with Gasteiger partial charge < -0.3 is 10.8 Å². The molecule has 13 heavy (non-hydrogen) atoms. The Morgan fingerprint density at radius 2 is 2.31 bits per heavy atom. The fourth-order valence-electron chi connectivity index (χ4n) is 1.26. The molecule has 1 heterocycles. The lowest BCUT2D eigenvalue weighted by Crippen LogP contribution is -2.30. The van der Waals surface area contributed by atoms with Crippen molar-refractivity contribution in [3.05, 3.63) is 16.6 Å². The van der Waals surface area contributed by atoms with E-state index in [0.29, 0.717) is 11.6 Å². The van der Waals surface area contributed by atoms with Gasteiger partial charge in [-0.25, -0.2) is 4.98 Å². The fraction of sp³-hybridized carbons (Fsp3) is 0.667. The number of nitrogens with zero attached hydrogens (tertiary/aromatic N) is 1. The number of thiazole rings is 1. The van der Waals surface area contributed by atoms with E-state index in [1.807, 2.05) is 5.38 Å². The average Bonchev–Trinajstić information content (AvgIpc) is 2.53. The van der Waals surface area contributed by atoms with Crippen molar-refractivity contribution >= 4 is 11.3 Å². The van der Waals surface area contributed by atoms with Crippen molar-refractivity contribution in [3.8, 4) is 0 Å². The third kappa shape index (κ3) is 3.06. The lowest BCUT2D eigenvalue weighted by atomic mass is 9.99. The average molecular weight is 200 g/mol. The summed E-state index contributed by atoms with van der Waals surface area (Å²) in [5.41, 5.74) is 8.23. The number of nitrogens with two attached hydrogens (primary N) is 1. The zero-order valence-electron chi connectivity index (χ0n) is 7.97. The van der Waals surface area contributed by atoms with E-state index >= 15 is 0 Å². The smallest absolute Gasteiger partial charge is 0.112 e. The van der Waals surface area contributed by atoms with Gasteiger partial charge in [0.1, 0.15) is 6.10 Å². The van der Waals surface area contributed by atoms with E-state index in [-0.39, 0.29) is 6.04 Å². The molecule has 1 aromatic rings. The Bertz CT molecular complexity index is 236. The molecule has 0 aliphatic carbocycles. The summed E-state index contributed by atoms with van der Waals surface area (Å²) in [6.45, 7) is 4.18. The molecule has 74 valence electrons. The Hall–Kier alpha value is -0.450.